The van der Waals surface area contributed by atoms with Crippen LogP contribution >= 0.6 is 11.8 Å². The van der Waals surface area contributed by atoms with E-state index in [-0.39, 0.29) is 23.1 Å². The molecule has 3 aromatic rings. The van der Waals surface area contributed by atoms with Crippen molar-refractivity contribution in [1.82, 2.24) is 9.55 Å². The Hall–Kier alpha value is -3.09. The molecule has 1 unspecified atom stereocenters. The van der Waals surface area contributed by atoms with Crippen molar-refractivity contribution < 1.29 is 22.7 Å². The van der Waals surface area contributed by atoms with E-state index in [4.69, 9.17) is 15.6 Å². The summed E-state index contributed by atoms with van der Waals surface area (Å²) in [5.41, 5.74) is 7.22. The van der Waals surface area contributed by atoms with Gasteiger partial charge in [0.15, 0.2) is 11.3 Å². The number of nitrogens with two attached hydrogens (primary N) is 2. The molecule has 12 heteroatoms. The molecule has 0 saturated heterocycles. The van der Waals surface area contributed by atoms with Gasteiger partial charge in [-0.3, -0.25) is 9.59 Å². The van der Waals surface area contributed by atoms with E-state index in [0.29, 0.717) is 28.7 Å². The van der Waals surface area contributed by atoms with Gasteiger partial charge in [0.1, 0.15) is 5.75 Å². The molecule has 174 valence electrons. The number of primary amides is 1. The molecule has 0 saturated carbocycles. The highest BCUT2D eigenvalue weighted by Crippen LogP contribution is 2.34. The Morgan fingerprint density at radius 2 is 2.00 bits per heavy atom. The first kappa shape index (κ1) is 23.1. The lowest BCUT2D eigenvalue weighted by atomic mass is 10.2. The topological polar surface area (TPSA) is 151 Å². The molecule has 4 N–H and O–H groups in total. The number of anilines is 1. The number of primary sulfonamides is 1. The molecule has 4 rings (SSSR count). The summed E-state index contributed by atoms with van der Waals surface area (Å²) in [6, 6.07) is 11.5. The van der Waals surface area contributed by atoms with Crippen LogP contribution in [0.4, 0.5) is 5.69 Å². The zero-order valence-electron chi connectivity index (χ0n) is 17.8. The Morgan fingerprint density at radius 1 is 1.24 bits per heavy atom. The van der Waals surface area contributed by atoms with E-state index < -0.39 is 22.0 Å². The molecule has 0 aliphatic carbocycles. The number of imidazole rings is 1. The van der Waals surface area contributed by atoms with Crippen molar-refractivity contribution in [3.63, 3.8) is 0 Å². The lowest BCUT2D eigenvalue weighted by molar-refractivity contribution is -0.125. The number of benzene rings is 2. The first-order valence-corrected chi connectivity index (χ1v) is 12.7. The highest BCUT2D eigenvalue weighted by molar-refractivity contribution is 7.99. The molecule has 0 bridgehead atoms. The van der Waals surface area contributed by atoms with E-state index in [1.54, 1.807) is 30.3 Å². The summed E-state index contributed by atoms with van der Waals surface area (Å²) in [4.78, 5) is 30.9. The van der Waals surface area contributed by atoms with Crippen LogP contribution in [0.5, 0.6) is 5.75 Å². The van der Waals surface area contributed by atoms with Crippen LogP contribution in [0.2, 0.25) is 0 Å². The number of para-hydroxylation sites is 2. The average molecular weight is 490 g/mol. The number of hydrogen-bond donors (Lipinski definition) is 2. The molecule has 1 aliphatic rings. The number of sulfonamides is 1. The highest BCUT2D eigenvalue weighted by atomic mass is 32.2. The Bertz CT molecular complexity index is 1340. The number of aromatic nitrogens is 2. The van der Waals surface area contributed by atoms with Crippen molar-refractivity contribution >= 4 is 50.3 Å². The molecule has 2 heterocycles. The van der Waals surface area contributed by atoms with Gasteiger partial charge in [0.25, 0.3) is 5.91 Å². The van der Waals surface area contributed by atoms with Gasteiger partial charge in [-0.15, -0.1) is 0 Å². The van der Waals surface area contributed by atoms with Crippen LogP contribution in [-0.2, 0) is 26.2 Å². The van der Waals surface area contributed by atoms with E-state index in [2.05, 4.69) is 4.98 Å². The summed E-state index contributed by atoms with van der Waals surface area (Å²) >= 11 is 1.24. The van der Waals surface area contributed by atoms with Crippen LogP contribution in [-0.4, -0.2) is 48.2 Å². The monoisotopic (exact) mass is 489 g/mol. The minimum Gasteiger partial charge on any atom is -0.477 e. The largest absolute Gasteiger partial charge is 0.477 e. The normalized spacial score (nSPS) is 15.8. The van der Waals surface area contributed by atoms with Crippen LogP contribution in [0.1, 0.15) is 13.3 Å². The smallest absolute Gasteiger partial charge is 0.260 e. The number of aryl methyl sites for hydroxylation is 1. The molecule has 0 fully saturated rings. The molecular weight excluding hydrogens is 466 g/mol. The summed E-state index contributed by atoms with van der Waals surface area (Å²) in [5, 5.41) is 5.83. The number of carbonyl (C=O) groups is 2. The van der Waals surface area contributed by atoms with Gasteiger partial charge in [0.05, 0.1) is 33.9 Å². The van der Waals surface area contributed by atoms with Crippen LogP contribution in [0.15, 0.2) is 52.5 Å². The Morgan fingerprint density at radius 3 is 2.70 bits per heavy atom. The van der Waals surface area contributed by atoms with Crippen molar-refractivity contribution in [3.05, 3.63) is 42.5 Å². The number of hydrogen-bond acceptors (Lipinski definition) is 7. The van der Waals surface area contributed by atoms with Gasteiger partial charge < -0.3 is 19.9 Å². The SMILES string of the molecule is CCCn1c(SCC(=O)N2CC(C(N)=O)Oc3ccccc32)nc2cc(S(N)(=O)=O)ccc21. The number of fused-ring (bicyclic) bond motifs is 2. The Labute approximate surface area is 194 Å². The Balaban J connectivity index is 1.60. The standard InChI is InChI=1S/C21H23N5O5S2/c1-2-9-25-15-8-7-13(33(23,29)30)10-14(15)24-21(25)32-12-19(27)26-11-18(20(22)28)31-17-6-4-3-5-16(17)26/h3-8,10,18H,2,9,11-12H2,1H3,(H2,22,28)(H2,23,29,30). The number of ether oxygens (including phenoxy) is 1. The summed E-state index contributed by atoms with van der Waals surface area (Å²) < 4.78 is 31.0. The number of amides is 2. The third-order valence-corrected chi connectivity index (χ3v) is 7.05. The molecule has 1 atom stereocenters. The molecule has 2 aromatic carbocycles. The van der Waals surface area contributed by atoms with Crippen molar-refractivity contribution in [1.29, 1.82) is 0 Å². The fraction of sp³-hybridized carbons (Fsp3) is 0.286. The Kier molecular flexibility index (Phi) is 6.32. The number of rotatable bonds is 7. The molecule has 1 aromatic heterocycles. The van der Waals surface area contributed by atoms with E-state index in [1.165, 1.54) is 28.8 Å². The number of nitrogens with zero attached hydrogens (tertiary/aromatic N) is 3. The van der Waals surface area contributed by atoms with E-state index in [9.17, 15) is 18.0 Å². The van der Waals surface area contributed by atoms with Crippen LogP contribution in [0, 0.1) is 0 Å². The molecule has 2 amide bonds. The van der Waals surface area contributed by atoms with Crippen molar-refractivity contribution in [2.75, 3.05) is 17.2 Å². The zero-order valence-corrected chi connectivity index (χ0v) is 19.4. The van der Waals surface area contributed by atoms with Gasteiger partial charge >= 0.3 is 0 Å². The van der Waals surface area contributed by atoms with Gasteiger partial charge in [0.2, 0.25) is 15.9 Å². The molecular formula is C21H23N5O5S2. The first-order valence-electron chi connectivity index (χ1n) is 10.2. The first-order chi connectivity index (χ1) is 15.7. The van der Waals surface area contributed by atoms with Crippen LogP contribution < -0.4 is 20.5 Å². The maximum atomic E-state index is 13.1. The summed E-state index contributed by atoms with van der Waals surface area (Å²) in [7, 11) is -3.86. The fourth-order valence-corrected chi connectivity index (χ4v) is 5.09. The third kappa shape index (κ3) is 4.68. The van der Waals surface area contributed by atoms with Crippen molar-refractivity contribution in [3.8, 4) is 5.75 Å². The second-order valence-corrected chi connectivity index (χ2v) is 10.0. The van der Waals surface area contributed by atoms with Gasteiger partial charge in [-0.1, -0.05) is 30.8 Å². The second kappa shape index (κ2) is 9.04. The van der Waals surface area contributed by atoms with Crippen LogP contribution in [0.25, 0.3) is 11.0 Å². The van der Waals surface area contributed by atoms with E-state index in [1.807, 2.05) is 11.5 Å². The predicted octanol–water partition coefficient (Wildman–Crippen LogP) is 1.47. The molecule has 10 nitrogen and oxygen atoms in total. The van der Waals surface area contributed by atoms with Gasteiger partial charge in [-0.2, -0.15) is 0 Å². The van der Waals surface area contributed by atoms with E-state index in [0.717, 1.165) is 11.9 Å². The zero-order chi connectivity index (χ0) is 23.8. The van der Waals surface area contributed by atoms with Crippen LogP contribution in [0.3, 0.4) is 0 Å². The minimum absolute atomic E-state index is 0.0220. The quantitative estimate of drug-likeness (QED) is 0.477. The summed E-state index contributed by atoms with van der Waals surface area (Å²) in [5.74, 6) is -0.415. The fourth-order valence-electron chi connectivity index (χ4n) is 3.64. The van der Waals surface area contributed by atoms with Crippen molar-refractivity contribution in [2.45, 2.75) is 36.0 Å². The van der Waals surface area contributed by atoms with Gasteiger partial charge in [-0.05, 0) is 36.8 Å². The number of carbonyl (C=O) groups excluding carboxylic acids is 2. The predicted molar refractivity (Wildman–Crippen MR) is 125 cm³/mol. The van der Waals surface area contributed by atoms with E-state index >= 15 is 0 Å². The molecule has 33 heavy (non-hydrogen) atoms. The second-order valence-electron chi connectivity index (χ2n) is 7.51. The molecule has 1 aliphatic heterocycles. The highest BCUT2D eigenvalue weighted by Gasteiger charge is 2.32. The van der Waals surface area contributed by atoms with Gasteiger partial charge in [-0.25, -0.2) is 18.5 Å². The van der Waals surface area contributed by atoms with Gasteiger partial charge in [0, 0.05) is 6.54 Å². The minimum atomic E-state index is -3.86. The average Bonchev–Trinajstić information content (AvgIpc) is 3.13. The number of thioether (sulfide) groups is 1. The lowest BCUT2D eigenvalue weighted by Crippen LogP contribution is -2.49. The molecule has 0 radical (unpaired) electrons. The maximum absolute atomic E-state index is 13.1. The molecule has 0 spiro atoms. The van der Waals surface area contributed by atoms with Crippen molar-refractivity contribution in [2.24, 2.45) is 10.9 Å². The summed E-state index contributed by atoms with van der Waals surface area (Å²) in [6.07, 6.45) is -0.115. The summed E-state index contributed by atoms with van der Waals surface area (Å²) in [6.45, 7) is 2.68. The maximum Gasteiger partial charge on any atom is 0.260 e. The third-order valence-electron chi connectivity index (χ3n) is 5.18. The lowest BCUT2D eigenvalue weighted by Gasteiger charge is -2.33.